The first-order valence-electron chi connectivity index (χ1n) is 5.44. The molecule has 1 rings (SSSR count). The first kappa shape index (κ1) is 11.2. The van der Waals surface area contributed by atoms with Crippen molar-refractivity contribution in [3.05, 3.63) is 0 Å². The number of ketones is 1. The number of carbonyl (C=O) groups is 2. The number of amides is 1. The average Bonchev–Trinajstić information content (AvgIpc) is 2.09. The quantitative estimate of drug-likeness (QED) is 0.744. The fourth-order valence-electron chi connectivity index (χ4n) is 2.26. The van der Waals surface area contributed by atoms with E-state index < -0.39 is 0 Å². The maximum atomic E-state index is 11.6. The molecule has 1 fully saturated rings. The molecule has 0 aromatic rings. The summed E-state index contributed by atoms with van der Waals surface area (Å²) in [5.74, 6) is 0.526. The van der Waals surface area contributed by atoms with Crippen molar-refractivity contribution < 1.29 is 9.59 Å². The molecule has 2 N–H and O–H groups in total. The minimum atomic E-state index is -0.281. The second-order valence-corrected chi connectivity index (χ2v) is 4.27. The van der Waals surface area contributed by atoms with Gasteiger partial charge in [0, 0.05) is 18.8 Å². The summed E-state index contributed by atoms with van der Waals surface area (Å²) in [6.07, 6.45) is 4.95. The van der Waals surface area contributed by atoms with Crippen LogP contribution in [0.1, 0.15) is 45.4 Å². The standard InChI is InChI=1S/C11H19NO2/c1-2-3-9-5-4-8(6-10(9)13)7-11(12)14/h8-9H,2-7H2,1H3,(H2,12,14). The van der Waals surface area contributed by atoms with E-state index in [9.17, 15) is 9.59 Å². The molecule has 1 saturated carbocycles. The summed E-state index contributed by atoms with van der Waals surface area (Å²) >= 11 is 0. The third-order valence-corrected chi connectivity index (χ3v) is 3.00. The first-order valence-corrected chi connectivity index (χ1v) is 5.44. The zero-order valence-corrected chi connectivity index (χ0v) is 8.79. The highest BCUT2D eigenvalue weighted by atomic mass is 16.1. The van der Waals surface area contributed by atoms with Gasteiger partial charge in [-0.25, -0.2) is 0 Å². The van der Waals surface area contributed by atoms with Crippen molar-refractivity contribution in [2.75, 3.05) is 0 Å². The van der Waals surface area contributed by atoms with Crippen LogP contribution in [0.25, 0.3) is 0 Å². The van der Waals surface area contributed by atoms with Crippen molar-refractivity contribution in [1.29, 1.82) is 0 Å². The maximum absolute atomic E-state index is 11.6. The fourth-order valence-corrected chi connectivity index (χ4v) is 2.26. The smallest absolute Gasteiger partial charge is 0.217 e. The molecule has 3 nitrogen and oxygen atoms in total. The van der Waals surface area contributed by atoms with Crippen LogP contribution >= 0.6 is 0 Å². The maximum Gasteiger partial charge on any atom is 0.217 e. The summed E-state index contributed by atoms with van der Waals surface area (Å²) in [6, 6.07) is 0. The zero-order chi connectivity index (χ0) is 10.6. The van der Waals surface area contributed by atoms with Crippen molar-refractivity contribution in [3.63, 3.8) is 0 Å². The summed E-state index contributed by atoms with van der Waals surface area (Å²) in [7, 11) is 0. The van der Waals surface area contributed by atoms with Crippen molar-refractivity contribution in [2.45, 2.75) is 45.4 Å². The second-order valence-electron chi connectivity index (χ2n) is 4.27. The summed E-state index contributed by atoms with van der Waals surface area (Å²) in [6.45, 7) is 2.10. The first-order chi connectivity index (χ1) is 6.63. The summed E-state index contributed by atoms with van der Waals surface area (Å²) in [4.78, 5) is 22.3. The fraction of sp³-hybridized carbons (Fsp3) is 0.818. The highest BCUT2D eigenvalue weighted by Crippen LogP contribution is 2.30. The van der Waals surface area contributed by atoms with Gasteiger partial charge in [-0.3, -0.25) is 9.59 Å². The lowest BCUT2D eigenvalue weighted by Crippen LogP contribution is -2.27. The van der Waals surface area contributed by atoms with Gasteiger partial charge in [-0.2, -0.15) is 0 Å². The van der Waals surface area contributed by atoms with Crippen LogP contribution < -0.4 is 5.73 Å². The minimum Gasteiger partial charge on any atom is -0.370 e. The van der Waals surface area contributed by atoms with E-state index in [1.807, 2.05) is 0 Å². The van der Waals surface area contributed by atoms with Crippen LogP contribution in [0.2, 0.25) is 0 Å². The Morgan fingerprint density at radius 1 is 1.50 bits per heavy atom. The summed E-state index contributed by atoms with van der Waals surface area (Å²) in [5.41, 5.74) is 5.11. The molecule has 2 unspecified atom stereocenters. The third kappa shape index (κ3) is 3.13. The molecule has 14 heavy (non-hydrogen) atoms. The van der Waals surface area contributed by atoms with Crippen LogP contribution in [0.15, 0.2) is 0 Å². The molecule has 2 atom stereocenters. The predicted molar refractivity (Wildman–Crippen MR) is 54.6 cm³/mol. The van der Waals surface area contributed by atoms with Gasteiger partial charge < -0.3 is 5.73 Å². The minimum absolute atomic E-state index is 0.216. The highest BCUT2D eigenvalue weighted by molar-refractivity contribution is 5.83. The van der Waals surface area contributed by atoms with Gasteiger partial charge in [-0.05, 0) is 25.2 Å². The van der Waals surface area contributed by atoms with Gasteiger partial charge in [0.05, 0.1) is 0 Å². The Morgan fingerprint density at radius 2 is 2.21 bits per heavy atom. The van der Waals surface area contributed by atoms with Gasteiger partial charge in [-0.15, -0.1) is 0 Å². The molecule has 80 valence electrons. The molecular weight excluding hydrogens is 178 g/mol. The van der Waals surface area contributed by atoms with Crippen molar-refractivity contribution in [1.82, 2.24) is 0 Å². The molecule has 0 aromatic heterocycles. The Bertz CT molecular complexity index is 225. The van der Waals surface area contributed by atoms with Gasteiger partial charge in [0.15, 0.2) is 0 Å². The van der Waals surface area contributed by atoms with Gasteiger partial charge in [0.25, 0.3) is 0 Å². The Hall–Kier alpha value is -0.860. The number of carbonyl (C=O) groups excluding carboxylic acids is 2. The normalized spacial score (nSPS) is 27.6. The molecule has 1 aliphatic carbocycles. The average molecular weight is 197 g/mol. The SMILES string of the molecule is CCCC1CCC(CC(N)=O)CC1=O. The monoisotopic (exact) mass is 197 g/mol. The number of nitrogens with two attached hydrogens (primary N) is 1. The molecule has 0 aromatic carbocycles. The van der Waals surface area contributed by atoms with E-state index in [0.717, 1.165) is 25.7 Å². The number of hydrogen-bond donors (Lipinski definition) is 1. The number of hydrogen-bond acceptors (Lipinski definition) is 2. The van der Waals surface area contributed by atoms with E-state index in [1.54, 1.807) is 0 Å². The number of Topliss-reactive ketones (excluding diaryl/α,β-unsaturated/α-hetero) is 1. The van der Waals surface area contributed by atoms with Crippen molar-refractivity contribution >= 4 is 11.7 Å². The number of rotatable bonds is 4. The number of primary amides is 1. The molecule has 0 saturated heterocycles. The second kappa shape index (κ2) is 5.13. The van der Waals surface area contributed by atoms with E-state index in [-0.39, 0.29) is 17.7 Å². The molecule has 0 heterocycles. The van der Waals surface area contributed by atoms with Gasteiger partial charge in [-0.1, -0.05) is 13.3 Å². The Kier molecular flexibility index (Phi) is 4.11. The van der Waals surface area contributed by atoms with Gasteiger partial charge >= 0.3 is 0 Å². The lowest BCUT2D eigenvalue weighted by atomic mass is 9.78. The molecule has 0 radical (unpaired) electrons. The van der Waals surface area contributed by atoms with E-state index in [2.05, 4.69) is 6.92 Å². The zero-order valence-electron chi connectivity index (χ0n) is 8.79. The van der Waals surface area contributed by atoms with Crippen LogP contribution in [-0.2, 0) is 9.59 Å². The molecule has 3 heteroatoms. The molecular formula is C11H19NO2. The van der Waals surface area contributed by atoms with E-state index in [1.165, 1.54) is 0 Å². The lowest BCUT2D eigenvalue weighted by molar-refractivity contribution is -0.127. The largest absolute Gasteiger partial charge is 0.370 e. The van der Waals surface area contributed by atoms with E-state index >= 15 is 0 Å². The Labute approximate surface area is 85.0 Å². The highest BCUT2D eigenvalue weighted by Gasteiger charge is 2.28. The Morgan fingerprint density at radius 3 is 2.71 bits per heavy atom. The predicted octanol–water partition coefficient (Wildman–Crippen LogP) is 1.65. The van der Waals surface area contributed by atoms with Crippen LogP contribution in [0.3, 0.4) is 0 Å². The summed E-state index contributed by atoms with van der Waals surface area (Å²) in [5, 5.41) is 0. The summed E-state index contributed by atoms with van der Waals surface area (Å²) < 4.78 is 0. The molecule has 0 bridgehead atoms. The molecule has 0 aliphatic heterocycles. The molecule has 0 spiro atoms. The lowest BCUT2D eigenvalue weighted by Gasteiger charge is -2.26. The van der Waals surface area contributed by atoms with Gasteiger partial charge in [0.1, 0.15) is 5.78 Å². The van der Waals surface area contributed by atoms with Crippen molar-refractivity contribution in [3.8, 4) is 0 Å². The van der Waals surface area contributed by atoms with Crippen LogP contribution in [-0.4, -0.2) is 11.7 Å². The van der Waals surface area contributed by atoms with Gasteiger partial charge in [0.2, 0.25) is 5.91 Å². The molecule has 1 amide bonds. The molecule has 1 aliphatic rings. The third-order valence-electron chi connectivity index (χ3n) is 3.00. The van der Waals surface area contributed by atoms with E-state index in [4.69, 9.17) is 5.73 Å². The van der Waals surface area contributed by atoms with E-state index in [0.29, 0.717) is 18.6 Å². The van der Waals surface area contributed by atoms with Crippen LogP contribution in [0, 0.1) is 11.8 Å². The van der Waals surface area contributed by atoms with Crippen LogP contribution in [0.4, 0.5) is 0 Å². The van der Waals surface area contributed by atoms with Crippen LogP contribution in [0.5, 0.6) is 0 Å². The topological polar surface area (TPSA) is 60.2 Å². The van der Waals surface area contributed by atoms with Crippen molar-refractivity contribution in [2.24, 2.45) is 17.6 Å². The Balaban J connectivity index is 2.38.